The van der Waals surface area contributed by atoms with Crippen LogP contribution in [0.2, 0.25) is 0 Å². The second-order valence-corrected chi connectivity index (χ2v) is 12.0. The van der Waals surface area contributed by atoms with Gasteiger partial charge in [0.05, 0.1) is 33.0 Å². The highest BCUT2D eigenvalue weighted by molar-refractivity contribution is 6.19. The summed E-state index contributed by atoms with van der Waals surface area (Å²) in [5.74, 6) is 0.710. The van der Waals surface area contributed by atoms with E-state index in [1.165, 1.54) is 10.8 Å². The Bertz CT molecular complexity index is 2920. The number of nitrogens with zero attached hydrogens (tertiary/aromatic N) is 4. The van der Waals surface area contributed by atoms with Crippen LogP contribution in [0.15, 0.2) is 163 Å². The van der Waals surface area contributed by atoms with Crippen LogP contribution in [0.3, 0.4) is 0 Å². The Morgan fingerprint density at radius 3 is 1.40 bits per heavy atom. The molecule has 0 N–H and O–H groups in total. The predicted octanol–water partition coefficient (Wildman–Crippen LogP) is 9.73. The number of hydrogen-bond donors (Lipinski definition) is 0. The molecule has 5 heteroatoms. The minimum atomic E-state index is -0.0670. The van der Waals surface area contributed by atoms with Crippen molar-refractivity contribution in [1.29, 1.82) is 0 Å². The average Bonchev–Trinajstić information content (AvgIpc) is 3.63. The molecule has 0 saturated carbocycles. The van der Waals surface area contributed by atoms with Crippen LogP contribution in [-0.4, -0.2) is 18.7 Å². The lowest BCUT2D eigenvalue weighted by Crippen LogP contribution is -2.19. The van der Waals surface area contributed by atoms with Crippen molar-refractivity contribution >= 4 is 65.3 Å². The van der Waals surface area contributed by atoms with Gasteiger partial charge in [-0.2, -0.15) is 0 Å². The second-order valence-electron chi connectivity index (χ2n) is 12.0. The van der Waals surface area contributed by atoms with Crippen molar-refractivity contribution in [3.63, 3.8) is 0 Å². The molecule has 5 nitrogen and oxygen atoms in total. The standard InChI is InChI=1S/C42H26N4O/c47-42-34-25-41(43-26-35(34)31-19-9-11-21-37(31)45(42)28-15-5-2-6-16-28)46-38-22-12-8-18-30(38)33-23-39-32(24-40(33)46)29-17-7-10-20-36(29)44(39)27-13-3-1-4-14-27/h1-26H. The molecule has 4 aromatic heterocycles. The molecule has 0 saturated heterocycles. The van der Waals surface area contributed by atoms with Gasteiger partial charge in [0.2, 0.25) is 0 Å². The highest BCUT2D eigenvalue weighted by Gasteiger charge is 2.20. The summed E-state index contributed by atoms with van der Waals surface area (Å²) in [6, 6.07) is 52.1. The van der Waals surface area contributed by atoms with Crippen LogP contribution in [0.4, 0.5) is 0 Å². The van der Waals surface area contributed by atoms with E-state index in [0.717, 1.165) is 60.5 Å². The summed E-state index contributed by atoms with van der Waals surface area (Å²) in [5, 5.41) is 7.09. The summed E-state index contributed by atoms with van der Waals surface area (Å²) in [4.78, 5) is 19.4. The largest absolute Gasteiger partial charge is 0.309 e. The zero-order valence-electron chi connectivity index (χ0n) is 25.2. The van der Waals surface area contributed by atoms with E-state index in [0.29, 0.717) is 11.2 Å². The van der Waals surface area contributed by atoms with Gasteiger partial charge in [-0.15, -0.1) is 0 Å². The number of pyridine rings is 2. The van der Waals surface area contributed by atoms with Crippen molar-refractivity contribution in [2.75, 3.05) is 0 Å². The smallest absolute Gasteiger partial charge is 0.263 e. The summed E-state index contributed by atoms with van der Waals surface area (Å²) < 4.78 is 6.37. The number of rotatable bonds is 3. The van der Waals surface area contributed by atoms with Gasteiger partial charge in [-0.1, -0.05) is 91.0 Å². The number of fused-ring (bicyclic) bond motifs is 9. The monoisotopic (exact) mass is 602 g/mol. The Labute approximate surface area is 268 Å². The molecule has 0 bridgehead atoms. The third-order valence-corrected chi connectivity index (χ3v) is 9.48. The maximum atomic E-state index is 14.4. The van der Waals surface area contributed by atoms with Gasteiger partial charge in [-0.25, -0.2) is 4.98 Å². The summed E-state index contributed by atoms with van der Waals surface area (Å²) in [5.41, 5.74) is 7.16. The van der Waals surface area contributed by atoms with Crippen LogP contribution < -0.4 is 5.56 Å². The molecule has 0 aliphatic heterocycles. The normalized spacial score (nSPS) is 11.9. The van der Waals surface area contributed by atoms with Crippen LogP contribution in [0.5, 0.6) is 0 Å². The van der Waals surface area contributed by atoms with E-state index < -0.39 is 0 Å². The third kappa shape index (κ3) is 3.65. The fourth-order valence-corrected chi connectivity index (χ4v) is 7.45. The Morgan fingerprint density at radius 2 is 0.809 bits per heavy atom. The number of para-hydroxylation sites is 5. The Balaban J connectivity index is 1.32. The summed E-state index contributed by atoms with van der Waals surface area (Å²) in [7, 11) is 0. The van der Waals surface area contributed by atoms with Crippen molar-refractivity contribution in [2.24, 2.45) is 0 Å². The van der Waals surface area contributed by atoms with E-state index in [1.54, 1.807) is 0 Å². The quantitative estimate of drug-likeness (QED) is 0.189. The molecule has 0 atom stereocenters. The fourth-order valence-electron chi connectivity index (χ4n) is 7.45. The third-order valence-electron chi connectivity index (χ3n) is 9.48. The van der Waals surface area contributed by atoms with Crippen LogP contribution in [0.25, 0.3) is 82.5 Å². The molecule has 0 spiro atoms. The van der Waals surface area contributed by atoms with Crippen molar-refractivity contribution in [3.8, 4) is 17.2 Å². The summed E-state index contributed by atoms with van der Waals surface area (Å²) >= 11 is 0. The van der Waals surface area contributed by atoms with Gasteiger partial charge in [0.15, 0.2) is 0 Å². The van der Waals surface area contributed by atoms with Crippen molar-refractivity contribution in [3.05, 3.63) is 168 Å². The minimum absolute atomic E-state index is 0.0670. The molecule has 0 amide bonds. The van der Waals surface area contributed by atoms with Crippen LogP contribution >= 0.6 is 0 Å². The molecule has 0 radical (unpaired) electrons. The molecule has 4 heterocycles. The van der Waals surface area contributed by atoms with Crippen LogP contribution in [-0.2, 0) is 0 Å². The van der Waals surface area contributed by atoms with Gasteiger partial charge in [-0.3, -0.25) is 13.9 Å². The highest BCUT2D eigenvalue weighted by Crippen LogP contribution is 2.39. The van der Waals surface area contributed by atoms with E-state index >= 15 is 0 Å². The molecule has 0 unspecified atom stereocenters. The van der Waals surface area contributed by atoms with E-state index in [1.807, 2.05) is 65.4 Å². The SMILES string of the molecule is O=c1c2cc(-n3c4ccccc4c4cc5c(cc43)c3ccccc3n5-c3ccccc3)ncc2c2ccccc2n1-c1ccccc1. The lowest BCUT2D eigenvalue weighted by atomic mass is 10.1. The van der Waals surface area contributed by atoms with E-state index in [9.17, 15) is 4.79 Å². The molecule has 10 aromatic rings. The zero-order chi connectivity index (χ0) is 31.1. The number of aromatic nitrogens is 4. The van der Waals surface area contributed by atoms with E-state index in [4.69, 9.17) is 4.98 Å². The number of benzene rings is 6. The van der Waals surface area contributed by atoms with Gasteiger partial charge in [-0.05, 0) is 60.7 Å². The van der Waals surface area contributed by atoms with Gasteiger partial charge in [0, 0.05) is 49.9 Å². The molecule has 47 heavy (non-hydrogen) atoms. The van der Waals surface area contributed by atoms with Gasteiger partial charge >= 0.3 is 0 Å². The van der Waals surface area contributed by atoms with Crippen LogP contribution in [0, 0.1) is 0 Å². The van der Waals surface area contributed by atoms with Crippen molar-refractivity contribution < 1.29 is 0 Å². The average molecular weight is 603 g/mol. The van der Waals surface area contributed by atoms with Gasteiger partial charge in [0.25, 0.3) is 5.56 Å². The Kier molecular flexibility index (Phi) is 5.37. The molecular formula is C42H26N4O. The van der Waals surface area contributed by atoms with E-state index in [-0.39, 0.29) is 5.56 Å². The molecule has 0 aliphatic rings. The summed E-state index contributed by atoms with van der Waals surface area (Å²) in [6.07, 6.45) is 1.87. The first-order valence-corrected chi connectivity index (χ1v) is 15.8. The molecule has 6 aromatic carbocycles. The summed E-state index contributed by atoms with van der Waals surface area (Å²) in [6.45, 7) is 0. The molecule has 220 valence electrons. The fraction of sp³-hybridized carbons (Fsp3) is 0. The lowest BCUT2D eigenvalue weighted by Gasteiger charge is -2.14. The minimum Gasteiger partial charge on any atom is -0.309 e. The zero-order valence-corrected chi connectivity index (χ0v) is 25.2. The number of hydrogen-bond acceptors (Lipinski definition) is 2. The Hall–Kier alpha value is -6.46. The first kappa shape index (κ1) is 25.8. The molecule has 10 rings (SSSR count). The van der Waals surface area contributed by atoms with E-state index in [2.05, 4.69) is 106 Å². The van der Waals surface area contributed by atoms with Crippen molar-refractivity contribution in [1.82, 2.24) is 18.7 Å². The van der Waals surface area contributed by atoms with Crippen molar-refractivity contribution in [2.45, 2.75) is 0 Å². The van der Waals surface area contributed by atoms with Crippen LogP contribution in [0.1, 0.15) is 0 Å². The van der Waals surface area contributed by atoms with Gasteiger partial charge in [0.1, 0.15) is 5.82 Å². The maximum Gasteiger partial charge on any atom is 0.263 e. The first-order chi connectivity index (χ1) is 23.3. The molecular weight excluding hydrogens is 576 g/mol. The second kappa shape index (κ2) is 9.77. The molecule has 0 aliphatic carbocycles. The topological polar surface area (TPSA) is 44.8 Å². The highest BCUT2D eigenvalue weighted by atomic mass is 16.1. The lowest BCUT2D eigenvalue weighted by molar-refractivity contribution is 1.05. The van der Waals surface area contributed by atoms with Gasteiger partial charge < -0.3 is 4.57 Å². The predicted molar refractivity (Wildman–Crippen MR) is 194 cm³/mol. The maximum absolute atomic E-state index is 14.4. The first-order valence-electron chi connectivity index (χ1n) is 15.8. The Morgan fingerprint density at radius 1 is 0.362 bits per heavy atom. The molecule has 0 fully saturated rings.